The highest BCUT2D eigenvalue weighted by molar-refractivity contribution is 7.89. The molecule has 4 rings (SSSR count). The van der Waals surface area contributed by atoms with Crippen molar-refractivity contribution in [1.82, 2.24) is 10.0 Å². The van der Waals surface area contributed by atoms with Crippen LogP contribution in [0, 0.1) is 23.7 Å². The third kappa shape index (κ3) is 3.20. The van der Waals surface area contributed by atoms with Gasteiger partial charge in [-0.3, -0.25) is 4.79 Å². The van der Waals surface area contributed by atoms with Gasteiger partial charge in [0.15, 0.2) is 5.76 Å². The van der Waals surface area contributed by atoms with Gasteiger partial charge in [-0.05, 0) is 82.3 Å². The first kappa shape index (κ1) is 18.0. The molecular formula is C19H28N2O4S. The molecule has 26 heavy (non-hydrogen) atoms. The first-order valence-electron chi connectivity index (χ1n) is 9.59. The first-order chi connectivity index (χ1) is 12.1. The number of carbonyl (C=O) groups is 1. The number of rotatable bonds is 4. The average molecular weight is 381 g/mol. The van der Waals surface area contributed by atoms with Crippen molar-refractivity contribution in [2.45, 2.75) is 69.5 Å². The molecule has 0 saturated heterocycles. The van der Waals surface area contributed by atoms with Crippen molar-refractivity contribution in [1.29, 1.82) is 0 Å². The largest absolute Gasteiger partial charge is 0.438 e. The second kappa shape index (κ2) is 6.09. The van der Waals surface area contributed by atoms with E-state index in [2.05, 4.69) is 10.0 Å². The Kier molecular flexibility index (Phi) is 4.23. The molecule has 2 N–H and O–H groups in total. The van der Waals surface area contributed by atoms with Crippen molar-refractivity contribution in [3.63, 3.8) is 0 Å². The van der Waals surface area contributed by atoms with Gasteiger partial charge >= 0.3 is 0 Å². The fraction of sp³-hybridized carbons (Fsp3) is 0.737. The molecule has 1 aromatic heterocycles. The van der Waals surface area contributed by atoms with Gasteiger partial charge in [0.05, 0.1) is 0 Å². The molecule has 144 valence electrons. The molecule has 3 fully saturated rings. The minimum atomic E-state index is -3.77. The summed E-state index contributed by atoms with van der Waals surface area (Å²) in [4.78, 5) is 12.6. The van der Waals surface area contributed by atoms with Crippen molar-refractivity contribution in [2.75, 3.05) is 0 Å². The molecule has 7 heteroatoms. The molecule has 2 bridgehead atoms. The maximum absolute atomic E-state index is 12.6. The van der Waals surface area contributed by atoms with E-state index in [-0.39, 0.29) is 22.8 Å². The number of sulfonamides is 1. The van der Waals surface area contributed by atoms with Crippen LogP contribution in [0.25, 0.3) is 0 Å². The van der Waals surface area contributed by atoms with Crippen molar-refractivity contribution >= 4 is 15.9 Å². The quantitative estimate of drug-likeness (QED) is 0.841. The zero-order valence-corrected chi connectivity index (χ0v) is 16.4. The lowest BCUT2D eigenvalue weighted by atomic mass is 9.79. The first-order valence-corrected chi connectivity index (χ1v) is 11.1. The summed E-state index contributed by atoms with van der Waals surface area (Å²) < 4.78 is 32.5. The van der Waals surface area contributed by atoms with Gasteiger partial charge in [-0.25, -0.2) is 13.1 Å². The van der Waals surface area contributed by atoms with Gasteiger partial charge in [0.2, 0.25) is 5.09 Å². The van der Waals surface area contributed by atoms with E-state index in [1.54, 1.807) is 20.8 Å². The standard InChI is InChI=1S/C19H28N2O4S/c1-19(2,3)21-26(23,24)17-8-7-16(25-17)18(22)20-15-10-11-9-14(15)13-6-4-5-12(11)13/h7-8,11-15,21H,4-6,9-10H2,1-3H3,(H,20,22)/t11-,12-,13-,14+,15-/m1/s1. The predicted molar refractivity (Wildman–Crippen MR) is 97.1 cm³/mol. The summed E-state index contributed by atoms with van der Waals surface area (Å²) in [5, 5.41) is 2.88. The lowest BCUT2D eigenvalue weighted by Crippen LogP contribution is -2.42. The van der Waals surface area contributed by atoms with Crippen LogP contribution in [0.5, 0.6) is 0 Å². The fourth-order valence-electron chi connectivity index (χ4n) is 5.51. The Morgan fingerprint density at radius 1 is 1.12 bits per heavy atom. The molecule has 1 amide bonds. The molecule has 3 aliphatic rings. The van der Waals surface area contributed by atoms with Gasteiger partial charge in [-0.2, -0.15) is 0 Å². The molecule has 5 atom stereocenters. The average Bonchev–Trinajstić information content (AvgIpc) is 3.26. The summed E-state index contributed by atoms with van der Waals surface area (Å²) in [6.07, 6.45) is 6.25. The minimum absolute atomic E-state index is 0.0602. The minimum Gasteiger partial charge on any atom is -0.438 e. The molecule has 0 spiro atoms. The predicted octanol–water partition coefficient (Wildman–Crippen LogP) is 2.91. The van der Waals surface area contributed by atoms with Gasteiger partial charge in [-0.15, -0.1) is 0 Å². The van der Waals surface area contributed by atoms with Crippen LogP contribution in [0.2, 0.25) is 0 Å². The van der Waals surface area contributed by atoms with Crippen LogP contribution in [-0.2, 0) is 10.0 Å². The maximum Gasteiger partial charge on any atom is 0.287 e. The van der Waals surface area contributed by atoms with Gasteiger partial charge < -0.3 is 9.73 Å². The van der Waals surface area contributed by atoms with E-state index in [1.807, 2.05) is 0 Å². The third-order valence-corrected chi connectivity index (χ3v) is 7.89. The van der Waals surface area contributed by atoms with Gasteiger partial charge in [0, 0.05) is 11.6 Å². The molecule has 3 aliphatic carbocycles. The van der Waals surface area contributed by atoms with Crippen molar-refractivity contribution in [3.05, 3.63) is 17.9 Å². The van der Waals surface area contributed by atoms with E-state index < -0.39 is 15.6 Å². The van der Waals surface area contributed by atoms with E-state index in [4.69, 9.17) is 4.42 Å². The van der Waals surface area contributed by atoms with E-state index in [1.165, 1.54) is 37.8 Å². The highest BCUT2D eigenvalue weighted by atomic mass is 32.2. The summed E-state index contributed by atoms with van der Waals surface area (Å²) in [6.45, 7) is 5.27. The highest BCUT2D eigenvalue weighted by Gasteiger charge is 2.54. The zero-order chi connectivity index (χ0) is 18.7. The number of furan rings is 1. The Hall–Kier alpha value is -1.34. The molecule has 6 nitrogen and oxygen atoms in total. The summed E-state index contributed by atoms with van der Waals surface area (Å²) in [5.41, 5.74) is -0.616. The van der Waals surface area contributed by atoms with Crippen molar-refractivity contribution < 1.29 is 17.6 Å². The normalized spacial score (nSPS) is 33.4. The fourth-order valence-corrected chi connectivity index (χ4v) is 6.87. The number of nitrogens with one attached hydrogen (secondary N) is 2. The summed E-state index contributed by atoms with van der Waals surface area (Å²) >= 11 is 0. The molecule has 0 radical (unpaired) electrons. The number of amides is 1. The summed E-state index contributed by atoms with van der Waals surface area (Å²) in [5.74, 6) is 2.72. The van der Waals surface area contributed by atoms with Crippen molar-refractivity contribution in [3.8, 4) is 0 Å². The zero-order valence-electron chi connectivity index (χ0n) is 15.6. The Labute approximate surface area is 155 Å². The number of hydrogen-bond donors (Lipinski definition) is 2. The van der Waals surface area contributed by atoms with E-state index in [9.17, 15) is 13.2 Å². The summed E-state index contributed by atoms with van der Waals surface area (Å²) in [7, 11) is -3.77. The van der Waals surface area contributed by atoms with E-state index in [0.717, 1.165) is 24.2 Å². The topological polar surface area (TPSA) is 88.4 Å². The lowest BCUT2D eigenvalue weighted by Gasteiger charge is -2.31. The lowest BCUT2D eigenvalue weighted by molar-refractivity contribution is 0.0867. The Morgan fingerprint density at radius 2 is 1.85 bits per heavy atom. The SMILES string of the molecule is CC(C)(C)NS(=O)(=O)c1ccc(C(=O)N[C@@H]2C[C@H]3C[C@H]2[C@@H]2CCC[C@H]32)o1. The molecule has 1 aromatic rings. The van der Waals surface area contributed by atoms with Crippen LogP contribution >= 0.6 is 0 Å². The monoisotopic (exact) mass is 380 g/mol. The van der Waals surface area contributed by atoms with Crippen molar-refractivity contribution in [2.24, 2.45) is 23.7 Å². The second-order valence-electron chi connectivity index (χ2n) is 9.21. The Balaban J connectivity index is 1.43. The number of hydrogen-bond acceptors (Lipinski definition) is 4. The maximum atomic E-state index is 12.6. The molecule has 1 heterocycles. The Bertz CT molecular complexity index is 808. The number of fused-ring (bicyclic) bond motifs is 5. The van der Waals surface area contributed by atoms with Gasteiger partial charge in [-0.1, -0.05) is 6.42 Å². The number of carbonyl (C=O) groups excluding carboxylic acids is 1. The highest BCUT2D eigenvalue weighted by Crippen LogP contribution is 2.58. The summed E-state index contributed by atoms with van der Waals surface area (Å²) in [6, 6.07) is 2.99. The Morgan fingerprint density at radius 3 is 2.58 bits per heavy atom. The molecule has 3 saturated carbocycles. The van der Waals surface area contributed by atoms with Gasteiger partial charge in [0.1, 0.15) is 0 Å². The van der Waals surface area contributed by atoms with E-state index in [0.29, 0.717) is 5.92 Å². The second-order valence-corrected chi connectivity index (χ2v) is 10.8. The van der Waals surface area contributed by atoms with Crippen LogP contribution in [0.3, 0.4) is 0 Å². The van der Waals surface area contributed by atoms with Crippen LogP contribution in [0.1, 0.15) is 63.4 Å². The van der Waals surface area contributed by atoms with E-state index >= 15 is 0 Å². The smallest absolute Gasteiger partial charge is 0.287 e. The molecular weight excluding hydrogens is 352 g/mol. The molecule has 0 unspecified atom stereocenters. The van der Waals surface area contributed by atoms with Crippen LogP contribution in [-0.4, -0.2) is 25.9 Å². The van der Waals surface area contributed by atoms with Crippen LogP contribution in [0.15, 0.2) is 21.6 Å². The molecule has 0 aromatic carbocycles. The van der Waals surface area contributed by atoms with Gasteiger partial charge in [0.25, 0.3) is 15.9 Å². The molecule has 0 aliphatic heterocycles. The van der Waals surface area contributed by atoms with Crippen LogP contribution in [0.4, 0.5) is 0 Å². The van der Waals surface area contributed by atoms with Crippen LogP contribution < -0.4 is 10.0 Å². The third-order valence-electron chi connectivity index (χ3n) is 6.26.